The van der Waals surface area contributed by atoms with Gasteiger partial charge in [-0.25, -0.2) is 13.4 Å². The van der Waals surface area contributed by atoms with Gasteiger partial charge in [0.25, 0.3) is 0 Å². The molecule has 2 aliphatic rings. The standard InChI is InChI=1S/C15H25N3O2S2/c1-22(19,20)18-9-7-17(8-10-18)11-14-12-21-15(16-14)13-5-3-2-4-6-13/h12-13H,2-11H2,1H3. The molecule has 3 rings (SSSR count). The second-order valence-electron chi connectivity index (χ2n) is 6.45. The maximum absolute atomic E-state index is 11.5. The number of piperazine rings is 1. The summed E-state index contributed by atoms with van der Waals surface area (Å²) in [5.74, 6) is 0.676. The predicted molar refractivity (Wildman–Crippen MR) is 89.6 cm³/mol. The second kappa shape index (κ2) is 6.95. The van der Waals surface area contributed by atoms with Gasteiger partial charge in [0.2, 0.25) is 10.0 Å². The first-order valence-electron chi connectivity index (χ1n) is 8.14. The average molecular weight is 344 g/mol. The Labute approximate surface area is 137 Å². The Morgan fingerprint density at radius 3 is 2.50 bits per heavy atom. The first-order chi connectivity index (χ1) is 10.5. The van der Waals surface area contributed by atoms with Crippen LogP contribution in [0.15, 0.2) is 5.38 Å². The summed E-state index contributed by atoms with van der Waals surface area (Å²) in [6.07, 6.45) is 7.93. The van der Waals surface area contributed by atoms with Gasteiger partial charge in [0.05, 0.1) is 17.0 Å². The van der Waals surface area contributed by atoms with E-state index in [4.69, 9.17) is 4.98 Å². The molecule has 1 saturated heterocycles. The van der Waals surface area contributed by atoms with E-state index in [2.05, 4.69) is 10.3 Å². The van der Waals surface area contributed by atoms with Crippen molar-refractivity contribution in [2.45, 2.75) is 44.6 Å². The van der Waals surface area contributed by atoms with E-state index >= 15 is 0 Å². The summed E-state index contributed by atoms with van der Waals surface area (Å²) in [4.78, 5) is 7.15. The monoisotopic (exact) mass is 343 g/mol. The van der Waals surface area contributed by atoms with Crippen LogP contribution in [-0.2, 0) is 16.6 Å². The normalized spacial score (nSPS) is 23.0. The minimum Gasteiger partial charge on any atom is -0.295 e. The van der Waals surface area contributed by atoms with E-state index in [0.717, 1.165) is 25.3 Å². The summed E-state index contributed by atoms with van der Waals surface area (Å²) in [7, 11) is -3.04. The van der Waals surface area contributed by atoms with Crippen LogP contribution in [0, 0.1) is 0 Å². The predicted octanol–water partition coefficient (Wildman–Crippen LogP) is 2.27. The minimum atomic E-state index is -3.04. The Hall–Kier alpha value is -0.500. The molecular formula is C15H25N3O2S2. The molecule has 0 amide bonds. The van der Waals surface area contributed by atoms with Crippen LogP contribution in [0.5, 0.6) is 0 Å². The van der Waals surface area contributed by atoms with E-state index in [1.807, 2.05) is 0 Å². The van der Waals surface area contributed by atoms with E-state index in [1.54, 1.807) is 15.6 Å². The van der Waals surface area contributed by atoms with Crippen LogP contribution in [0.1, 0.15) is 48.7 Å². The Morgan fingerprint density at radius 1 is 1.18 bits per heavy atom. The van der Waals surface area contributed by atoms with Crippen LogP contribution < -0.4 is 0 Å². The highest BCUT2D eigenvalue weighted by Crippen LogP contribution is 2.34. The topological polar surface area (TPSA) is 53.5 Å². The van der Waals surface area contributed by atoms with Crippen LogP contribution in [0.3, 0.4) is 0 Å². The van der Waals surface area contributed by atoms with Crippen LogP contribution >= 0.6 is 11.3 Å². The lowest BCUT2D eigenvalue weighted by molar-refractivity contribution is 0.180. The molecule has 7 heteroatoms. The molecule has 2 fully saturated rings. The molecule has 1 saturated carbocycles. The van der Waals surface area contributed by atoms with E-state index in [9.17, 15) is 8.42 Å². The van der Waals surface area contributed by atoms with E-state index in [1.165, 1.54) is 43.4 Å². The summed E-state index contributed by atoms with van der Waals surface area (Å²) in [5, 5.41) is 3.50. The Morgan fingerprint density at radius 2 is 1.86 bits per heavy atom. The van der Waals surface area contributed by atoms with Gasteiger partial charge >= 0.3 is 0 Å². The number of hydrogen-bond acceptors (Lipinski definition) is 5. The third-order valence-electron chi connectivity index (χ3n) is 4.71. The first kappa shape index (κ1) is 16.4. The molecule has 124 valence electrons. The van der Waals surface area contributed by atoms with Gasteiger partial charge in [0.15, 0.2) is 0 Å². The minimum absolute atomic E-state index is 0.596. The van der Waals surface area contributed by atoms with Crippen molar-refractivity contribution in [1.29, 1.82) is 0 Å². The highest BCUT2D eigenvalue weighted by molar-refractivity contribution is 7.88. The van der Waals surface area contributed by atoms with E-state index < -0.39 is 10.0 Å². The lowest BCUT2D eigenvalue weighted by atomic mass is 9.90. The van der Waals surface area contributed by atoms with Crippen molar-refractivity contribution >= 4 is 21.4 Å². The molecule has 1 aliphatic carbocycles. The maximum Gasteiger partial charge on any atom is 0.211 e. The third-order valence-corrected chi connectivity index (χ3v) is 7.07. The lowest BCUT2D eigenvalue weighted by Gasteiger charge is -2.32. The maximum atomic E-state index is 11.5. The van der Waals surface area contributed by atoms with Crippen molar-refractivity contribution < 1.29 is 8.42 Å². The highest BCUT2D eigenvalue weighted by atomic mass is 32.2. The van der Waals surface area contributed by atoms with Gasteiger partial charge < -0.3 is 0 Å². The van der Waals surface area contributed by atoms with Gasteiger partial charge in [0, 0.05) is 44.0 Å². The fraction of sp³-hybridized carbons (Fsp3) is 0.800. The lowest BCUT2D eigenvalue weighted by Crippen LogP contribution is -2.47. The average Bonchev–Trinajstić information content (AvgIpc) is 2.96. The summed E-state index contributed by atoms with van der Waals surface area (Å²) < 4.78 is 24.6. The quantitative estimate of drug-likeness (QED) is 0.841. The van der Waals surface area contributed by atoms with Gasteiger partial charge in [-0.3, -0.25) is 4.90 Å². The number of thiazole rings is 1. The molecule has 0 bridgehead atoms. The van der Waals surface area contributed by atoms with Gasteiger partial charge in [-0.15, -0.1) is 11.3 Å². The van der Waals surface area contributed by atoms with Crippen molar-refractivity contribution in [3.05, 3.63) is 16.1 Å². The largest absolute Gasteiger partial charge is 0.295 e. The third kappa shape index (κ3) is 4.07. The van der Waals surface area contributed by atoms with Crippen LogP contribution in [0.4, 0.5) is 0 Å². The van der Waals surface area contributed by atoms with Crippen molar-refractivity contribution in [2.24, 2.45) is 0 Å². The first-order valence-corrected chi connectivity index (χ1v) is 10.9. The van der Waals surface area contributed by atoms with Gasteiger partial charge in [-0.05, 0) is 12.8 Å². The van der Waals surface area contributed by atoms with Crippen molar-refractivity contribution in [3.8, 4) is 0 Å². The van der Waals surface area contributed by atoms with Crippen LogP contribution in [0.2, 0.25) is 0 Å². The highest BCUT2D eigenvalue weighted by Gasteiger charge is 2.24. The zero-order chi connectivity index (χ0) is 15.6. The van der Waals surface area contributed by atoms with Gasteiger partial charge in [-0.2, -0.15) is 4.31 Å². The molecule has 0 atom stereocenters. The summed E-state index contributed by atoms with van der Waals surface area (Å²) in [6.45, 7) is 3.63. The number of aromatic nitrogens is 1. The SMILES string of the molecule is CS(=O)(=O)N1CCN(Cc2csc(C3CCCCC3)n2)CC1. The molecule has 0 unspecified atom stereocenters. The fourth-order valence-electron chi connectivity index (χ4n) is 3.38. The summed E-state index contributed by atoms with van der Waals surface area (Å²) >= 11 is 1.81. The zero-order valence-electron chi connectivity index (χ0n) is 13.2. The van der Waals surface area contributed by atoms with E-state index in [0.29, 0.717) is 19.0 Å². The molecule has 0 radical (unpaired) electrons. The zero-order valence-corrected chi connectivity index (χ0v) is 14.8. The van der Waals surface area contributed by atoms with E-state index in [-0.39, 0.29) is 0 Å². The number of sulfonamides is 1. The summed E-state index contributed by atoms with van der Waals surface area (Å²) in [6, 6.07) is 0. The smallest absolute Gasteiger partial charge is 0.211 e. The number of hydrogen-bond donors (Lipinski definition) is 0. The van der Waals surface area contributed by atoms with Gasteiger partial charge in [-0.1, -0.05) is 19.3 Å². The molecule has 1 aromatic rings. The van der Waals surface area contributed by atoms with Crippen LogP contribution in [-0.4, -0.2) is 55.0 Å². The van der Waals surface area contributed by atoms with Crippen molar-refractivity contribution in [1.82, 2.24) is 14.2 Å². The fourth-order valence-corrected chi connectivity index (χ4v) is 5.19. The number of rotatable bonds is 4. The molecule has 1 aromatic heterocycles. The van der Waals surface area contributed by atoms with Crippen LogP contribution in [0.25, 0.3) is 0 Å². The van der Waals surface area contributed by atoms with Crippen molar-refractivity contribution in [2.75, 3.05) is 32.4 Å². The summed E-state index contributed by atoms with van der Waals surface area (Å²) in [5.41, 5.74) is 1.15. The molecule has 1 aliphatic heterocycles. The molecule has 0 spiro atoms. The Bertz CT molecular complexity index is 586. The van der Waals surface area contributed by atoms with Crippen molar-refractivity contribution in [3.63, 3.8) is 0 Å². The molecular weight excluding hydrogens is 318 g/mol. The van der Waals surface area contributed by atoms with Gasteiger partial charge in [0.1, 0.15) is 0 Å². The molecule has 2 heterocycles. The Kier molecular flexibility index (Phi) is 5.17. The number of nitrogens with zero attached hydrogens (tertiary/aromatic N) is 3. The second-order valence-corrected chi connectivity index (χ2v) is 9.32. The molecule has 0 N–H and O–H groups in total. The molecule has 0 aromatic carbocycles. The molecule has 5 nitrogen and oxygen atoms in total. The molecule has 22 heavy (non-hydrogen) atoms. The Balaban J connectivity index is 1.53.